The van der Waals surface area contributed by atoms with Crippen LogP contribution < -0.4 is 5.73 Å². The molecule has 0 spiro atoms. The number of rotatable bonds is 3. The molecule has 3 N–H and O–H groups in total. The molecule has 0 fully saturated rings. The van der Waals surface area contributed by atoms with Crippen molar-refractivity contribution in [3.63, 3.8) is 0 Å². The van der Waals surface area contributed by atoms with Crippen LogP contribution in [0, 0.1) is 0 Å². The van der Waals surface area contributed by atoms with Crippen molar-refractivity contribution in [2.24, 2.45) is 5.73 Å². The van der Waals surface area contributed by atoms with Gasteiger partial charge in [-0.1, -0.05) is 17.7 Å². The SMILES string of the molecule is NCCC=Cc1ccc(O)c(Cl)n1. The van der Waals surface area contributed by atoms with Gasteiger partial charge < -0.3 is 10.8 Å². The number of hydrogen-bond donors (Lipinski definition) is 2. The highest BCUT2D eigenvalue weighted by Crippen LogP contribution is 2.20. The van der Waals surface area contributed by atoms with Gasteiger partial charge in [-0.2, -0.15) is 0 Å². The van der Waals surface area contributed by atoms with Gasteiger partial charge in [0.2, 0.25) is 0 Å². The lowest BCUT2D eigenvalue weighted by Crippen LogP contribution is -1.95. The van der Waals surface area contributed by atoms with Gasteiger partial charge in [-0.3, -0.25) is 0 Å². The Kier molecular flexibility index (Phi) is 3.73. The van der Waals surface area contributed by atoms with Crippen molar-refractivity contribution < 1.29 is 5.11 Å². The van der Waals surface area contributed by atoms with E-state index in [0.717, 1.165) is 12.1 Å². The normalized spacial score (nSPS) is 10.9. The smallest absolute Gasteiger partial charge is 0.171 e. The first-order chi connectivity index (χ1) is 6.24. The fraction of sp³-hybridized carbons (Fsp3) is 0.222. The number of halogens is 1. The molecule has 0 aromatic carbocycles. The van der Waals surface area contributed by atoms with Gasteiger partial charge in [0.05, 0.1) is 5.69 Å². The van der Waals surface area contributed by atoms with Gasteiger partial charge in [0, 0.05) is 0 Å². The van der Waals surface area contributed by atoms with Crippen molar-refractivity contribution >= 4 is 17.7 Å². The number of pyridine rings is 1. The van der Waals surface area contributed by atoms with E-state index in [4.69, 9.17) is 22.4 Å². The second kappa shape index (κ2) is 4.84. The Hall–Kier alpha value is -1.06. The minimum atomic E-state index is -0.00218. The molecule has 0 saturated heterocycles. The third-order valence-corrected chi connectivity index (χ3v) is 1.75. The van der Waals surface area contributed by atoms with Crippen molar-refractivity contribution in [1.82, 2.24) is 4.98 Å². The highest BCUT2D eigenvalue weighted by atomic mass is 35.5. The summed E-state index contributed by atoms with van der Waals surface area (Å²) in [5.74, 6) is -0.00218. The van der Waals surface area contributed by atoms with E-state index in [9.17, 15) is 0 Å². The summed E-state index contributed by atoms with van der Waals surface area (Å²) >= 11 is 5.61. The Balaban J connectivity index is 2.73. The molecule has 0 unspecified atom stereocenters. The standard InChI is InChI=1S/C9H11ClN2O/c10-9-8(13)5-4-7(12-9)3-1-2-6-11/h1,3-5,13H,2,6,11H2. The van der Waals surface area contributed by atoms with E-state index in [2.05, 4.69) is 4.98 Å². The van der Waals surface area contributed by atoms with Gasteiger partial charge in [-0.05, 0) is 31.2 Å². The molecule has 0 amide bonds. The van der Waals surface area contributed by atoms with Crippen LogP contribution in [0.1, 0.15) is 12.1 Å². The molecular formula is C9H11ClN2O. The van der Waals surface area contributed by atoms with Crippen LogP contribution in [0.3, 0.4) is 0 Å². The topological polar surface area (TPSA) is 59.1 Å². The average molecular weight is 199 g/mol. The summed E-state index contributed by atoms with van der Waals surface area (Å²) in [7, 11) is 0. The molecule has 0 bridgehead atoms. The average Bonchev–Trinajstić information content (AvgIpc) is 2.12. The number of nitrogens with two attached hydrogens (primary N) is 1. The maximum atomic E-state index is 9.08. The van der Waals surface area contributed by atoms with Crippen LogP contribution in [0.5, 0.6) is 5.75 Å². The van der Waals surface area contributed by atoms with Crippen LogP contribution >= 0.6 is 11.6 Å². The van der Waals surface area contributed by atoms with Crippen LogP contribution in [0.15, 0.2) is 18.2 Å². The summed E-state index contributed by atoms with van der Waals surface area (Å²) in [6.45, 7) is 0.613. The Bertz CT molecular complexity index is 312. The maximum absolute atomic E-state index is 9.08. The van der Waals surface area contributed by atoms with E-state index in [0.29, 0.717) is 6.54 Å². The Morgan fingerprint density at radius 2 is 2.31 bits per heavy atom. The molecular weight excluding hydrogens is 188 g/mol. The number of nitrogens with zero attached hydrogens (tertiary/aromatic N) is 1. The van der Waals surface area contributed by atoms with Gasteiger partial charge in [0.1, 0.15) is 0 Å². The second-order valence-corrected chi connectivity index (χ2v) is 2.88. The molecule has 0 aliphatic heterocycles. The molecule has 4 heteroatoms. The van der Waals surface area contributed by atoms with E-state index in [1.165, 1.54) is 6.07 Å². The fourth-order valence-electron chi connectivity index (χ4n) is 0.834. The molecule has 1 heterocycles. The molecule has 0 radical (unpaired) electrons. The maximum Gasteiger partial charge on any atom is 0.171 e. The van der Waals surface area contributed by atoms with Crippen molar-refractivity contribution in [2.75, 3.05) is 6.54 Å². The largest absolute Gasteiger partial charge is 0.505 e. The summed E-state index contributed by atoms with van der Waals surface area (Å²) in [4.78, 5) is 3.93. The molecule has 0 aliphatic carbocycles. The highest BCUT2D eigenvalue weighted by Gasteiger charge is 1.98. The molecule has 0 saturated carbocycles. The monoisotopic (exact) mass is 198 g/mol. The Morgan fingerprint density at radius 3 is 2.92 bits per heavy atom. The first-order valence-corrected chi connectivity index (χ1v) is 4.34. The summed E-state index contributed by atoms with van der Waals surface area (Å²) in [6.07, 6.45) is 4.54. The number of aromatic nitrogens is 1. The minimum absolute atomic E-state index is 0.00218. The molecule has 13 heavy (non-hydrogen) atoms. The lowest BCUT2D eigenvalue weighted by molar-refractivity contribution is 0.473. The number of hydrogen-bond acceptors (Lipinski definition) is 3. The lowest BCUT2D eigenvalue weighted by atomic mass is 10.3. The third kappa shape index (κ3) is 3.05. The fourth-order valence-corrected chi connectivity index (χ4v) is 0.995. The summed E-state index contributed by atoms with van der Waals surface area (Å²) < 4.78 is 0. The molecule has 70 valence electrons. The zero-order valence-electron chi connectivity index (χ0n) is 7.07. The minimum Gasteiger partial charge on any atom is -0.505 e. The second-order valence-electron chi connectivity index (χ2n) is 2.53. The first-order valence-electron chi connectivity index (χ1n) is 3.96. The number of aromatic hydroxyl groups is 1. The first kappa shape index (κ1) is 10.0. The predicted octanol–water partition coefficient (Wildman–Crippen LogP) is 1.80. The summed E-state index contributed by atoms with van der Waals surface area (Å²) in [5, 5.41) is 9.20. The summed E-state index contributed by atoms with van der Waals surface area (Å²) in [6, 6.07) is 3.20. The van der Waals surface area contributed by atoms with E-state index >= 15 is 0 Å². The predicted molar refractivity (Wildman–Crippen MR) is 53.6 cm³/mol. The zero-order valence-corrected chi connectivity index (χ0v) is 7.83. The van der Waals surface area contributed by atoms with Crippen molar-refractivity contribution in [1.29, 1.82) is 0 Å². The Labute approximate surface area is 81.9 Å². The van der Waals surface area contributed by atoms with E-state index in [1.54, 1.807) is 6.07 Å². The molecule has 0 atom stereocenters. The molecule has 1 aromatic rings. The van der Waals surface area contributed by atoms with E-state index in [1.807, 2.05) is 12.2 Å². The zero-order chi connectivity index (χ0) is 9.68. The van der Waals surface area contributed by atoms with Crippen LogP contribution in [0.4, 0.5) is 0 Å². The molecule has 3 nitrogen and oxygen atoms in total. The van der Waals surface area contributed by atoms with Gasteiger partial charge in [0.25, 0.3) is 0 Å². The van der Waals surface area contributed by atoms with Crippen molar-refractivity contribution in [3.05, 3.63) is 29.1 Å². The third-order valence-electron chi connectivity index (χ3n) is 1.47. The lowest BCUT2D eigenvalue weighted by Gasteiger charge is -1.96. The van der Waals surface area contributed by atoms with Gasteiger partial charge in [-0.15, -0.1) is 0 Å². The van der Waals surface area contributed by atoms with Gasteiger partial charge in [0.15, 0.2) is 10.9 Å². The van der Waals surface area contributed by atoms with Crippen molar-refractivity contribution in [3.8, 4) is 5.75 Å². The van der Waals surface area contributed by atoms with Crippen LogP contribution in [-0.2, 0) is 0 Å². The van der Waals surface area contributed by atoms with Gasteiger partial charge in [-0.25, -0.2) is 4.98 Å². The molecule has 0 aliphatic rings. The quantitative estimate of drug-likeness (QED) is 0.729. The van der Waals surface area contributed by atoms with Crippen molar-refractivity contribution in [2.45, 2.75) is 6.42 Å². The summed E-state index contributed by atoms with van der Waals surface area (Å²) in [5.41, 5.74) is 6.03. The van der Waals surface area contributed by atoms with Crippen LogP contribution in [0.2, 0.25) is 5.15 Å². The van der Waals surface area contributed by atoms with Crippen LogP contribution in [-0.4, -0.2) is 16.6 Å². The van der Waals surface area contributed by atoms with Crippen LogP contribution in [0.25, 0.3) is 6.08 Å². The molecule has 1 aromatic heterocycles. The van der Waals surface area contributed by atoms with E-state index < -0.39 is 0 Å². The van der Waals surface area contributed by atoms with E-state index in [-0.39, 0.29) is 10.9 Å². The highest BCUT2D eigenvalue weighted by molar-refractivity contribution is 6.30. The van der Waals surface area contributed by atoms with Gasteiger partial charge >= 0.3 is 0 Å². The molecule has 1 rings (SSSR count). The Morgan fingerprint density at radius 1 is 1.54 bits per heavy atom.